The molecule has 98 valence electrons. The fourth-order valence-electron chi connectivity index (χ4n) is 1.26. The van der Waals surface area contributed by atoms with Gasteiger partial charge in [0.15, 0.2) is 0 Å². The zero-order valence-corrected chi connectivity index (χ0v) is 10.3. The predicted octanol–water partition coefficient (Wildman–Crippen LogP) is 0.809. The van der Waals surface area contributed by atoms with E-state index in [0.29, 0.717) is 12.8 Å². The largest absolute Gasteiger partial charge is 0.481 e. The molecule has 0 unspecified atom stereocenters. The van der Waals surface area contributed by atoms with Crippen molar-refractivity contribution in [2.75, 3.05) is 6.54 Å². The number of carbonyl (C=O) groups excluding carboxylic acids is 1. The van der Waals surface area contributed by atoms with Crippen molar-refractivity contribution in [3.8, 4) is 0 Å². The Labute approximate surface area is 100 Å². The van der Waals surface area contributed by atoms with Crippen LogP contribution in [0.1, 0.15) is 33.6 Å². The van der Waals surface area contributed by atoms with Crippen LogP contribution in [0.15, 0.2) is 0 Å². The van der Waals surface area contributed by atoms with Crippen LogP contribution in [-0.2, 0) is 14.4 Å². The molecule has 0 saturated heterocycles. The Balaban J connectivity index is 4.62. The van der Waals surface area contributed by atoms with Gasteiger partial charge >= 0.3 is 11.9 Å². The van der Waals surface area contributed by atoms with E-state index in [2.05, 4.69) is 0 Å². The number of carbonyl (C=O) groups is 3. The lowest BCUT2D eigenvalue weighted by Crippen LogP contribution is -2.43. The summed E-state index contributed by atoms with van der Waals surface area (Å²) in [7, 11) is 0. The molecule has 0 aromatic heterocycles. The normalized spacial score (nSPS) is 12.9. The Morgan fingerprint density at radius 3 is 2.12 bits per heavy atom. The van der Waals surface area contributed by atoms with E-state index in [1.165, 1.54) is 0 Å². The minimum Gasteiger partial charge on any atom is -0.481 e. The average molecular weight is 245 g/mol. The van der Waals surface area contributed by atoms with Gasteiger partial charge in [-0.15, -0.1) is 0 Å². The first-order valence-electron chi connectivity index (χ1n) is 5.33. The van der Waals surface area contributed by atoms with Crippen molar-refractivity contribution < 1.29 is 24.6 Å². The molecule has 0 saturated carbocycles. The van der Waals surface area contributed by atoms with Crippen molar-refractivity contribution in [3.05, 3.63) is 0 Å². The Morgan fingerprint density at radius 1 is 1.29 bits per heavy atom. The van der Waals surface area contributed by atoms with Crippen molar-refractivity contribution >= 4 is 18.3 Å². The Hall–Kier alpha value is -1.59. The maximum Gasteiger partial charge on any atom is 0.327 e. The molecule has 0 radical (unpaired) electrons. The SMILES string of the molecule is CC(C)(C)CCN(C=O)[C@@H](CC(=O)O)C(=O)O. The van der Waals surface area contributed by atoms with Gasteiger partial charge in [-0.25, -0.2) is 4.79 Å². The third-order valence-electron chi connectivity index (χ3n) is 2.31. The summed E-state index contributed by atoms with van der Waals surface area (Å²) in [6, 6.07) is -1.30. The summed E-state index contributed by atoms with van der Waals surface area (Å²) in [6.07, 6.45) is 0.417. The van der Waals surface area contributed by atoms with Crippen LogP contribution in [0.25, 0.3) is 0 Å². The summed E-state index contributed by atoms with van der Waals surface area (Å²) in [6.45, 7) is 6.12. The summed E-state index contributed by atoms with van der Waals surface area (Å²) in [5.74, 6) is -2.53. The van der Waals surface area contributed by atoms with Crippen LogP contribution >= 0.6 is 0 Å². The van der Waals surface area contributed by atoms with Crippen molar-refractivity contribution in [2.45, 2.75) is 39.7 Å². The van der Waals surface area contributed by atoms with Gasteiger partial charge in [0, 0.05) is 6.54 Å². The van der Waals surface area contributed by atoms with Gasteiger partial charge in [0.25, 0.3) is 0 Å². The molecule has 0 fully saturated rings. The number of aliphatic carboxylic acids is 2. The fourth-order valence-corrected chi connectivity index (χ4v) is 1.26. The first-order valence-corrected chi connectivity index (χ1v) is 5.33. The van der Waals surface area contributed by atoms with Crippen LogP contribution < -0.4 is 0 Å². The third-order valence-corrected chi connectivity index (χ3v) is 2.31. The number of carboxylic acids is 2. The smallest absolute Gasteiger partial charge is 0.327 e. The quantitative estimate of drug-likeness (QED) is 0.647. The summed E-state index contributed by atoms with van der Waals surface area (Å²) >= 11 is 0. The molecular formula is C11H19NO5. The van der Waals surface area contributed by atoms with Crippen LogP contribution in [0, 0.1) is 5.41 Å². The highest BCUT2D eigenvalue weighted by Gasteiger charge is 2.27. The van der Waals surface area contributed by atoms with Crippen LogP contribution in [0.5, 0.6) is 0 Å². The lowest BCUT2D eigenvalue weighted by atomic mass is 9.92. The highest BCUT2D eigenvalue weighted by molar-refractivity contribution is 5.82. The molecule has 0 aliphatic heterocycles. The first-order chi connectivity index (χ1) is 7.67. The lowest BCUT2D eigenvalue weighted by molar-refractivity contribution is -0.151. The number of amides is 1. The molecule has 2 N–H and O–H groups in total. The molecule has 0 aliphatic carbocycles. The van der Waals surface area contributed by atoms with Gasteiger partial charge < -0.3 is 15.1 Å². The molecule has 1 atom stereocenters. The van der Waals surface area contributed by atoms with Gasteiger partial charge in [0.2, 0.25) is 6.41 Å². The van der Waals surface area contributed by atoms with E-state index in [1.54, 1.807) is 0 Å². The van der Waals surface area contributed by atoms with Crippen molar-refractivity contribution in [3.63, 3.8) is 0 Å². The highest BCUT2D eigenvalue weighted by Crippen LogP contribution is 2.19. The molecule has 0 aliphatic rings. The van der Waals surface area contributed by atoms with Crippen molar-refractivity contribution in [2.24, 2.45) is 5.41 Å². The minimum absolute atomic E-state index is 0.0481. The lowest BCUT2D eigenvalue weighted by Gasteiger charge is -2.27. The van der Waals surface area contributed by atoms with Gasteiger partial charge in [0.1, 0.15) is 6.04 Å². The van der Waals surface area contributed by atoms with Crippen LogP contribution in [0.3, 0.4) is 0 Å². The molecule has 6 heteroatoms. The number of nitrogens with zero attached hydrogens (tertiary/aromatic N) is 1. The molecule has 0 rings (SSSR count). The molecule has 0 heterocycles. The number of hydrogen-bond acceptors (Lipinski definition) is 3. The second-order valence-corrected chi connectivity index (χ2v) is 5.11. The predicted molar refractivity (Wildman–Crippen MR) is 60.5 cm³/mol. The number of carboxylic acid groups (broad SMARTS) is 2. The maximum absolute atomic E-state index is 10.9. The standard InChI is InChI=1S/C11H19NO5/c1-11(2,3)4-5-12(7-13)8(10(16)17)6-9(14)15/h7-8H,4-6H2,1-3H3,(H,14,15)(H,16,17)/t8-/m0/s1. The molecule has 17 heavy (non-hydrogen) atoms. The summed E-state index contributed by atoms with van der Waals surface area (Å²) in [5, 5.41) is 17.5. The molecule has 0 spiro atoms. The molecule has 0 bridgehead atoms. The first kappa shape index (κ1) is 15.4. The van der Waals surface area contributed by atoms with E-state index >= 15 is 0 Å². The summed E-state index contributed by atoms with van der Waals surface area (Å²) < 4.78 is 0. The number of hydrogen-bond donors (Lipinski definition) is 2. The molecule has 1 amide bonds. The molecule has 6 nitrogen and oxygen atoms in total. The van der Waals surface area contributed by atoms with E-state index in [0.717, 1.165) is 4.90 Å². The van der Waals surface area contributed by atoms with Gasteiger partial charge in [-0.1, -0.05) is 20.8 Å². The molecule has 0 aromatic rings. The second kappa shape index (κ2) is 6.22. The molecular weight excluding hydrogens is 226 g/mol. The topological polar surface area (TPSA) is 94.9 Å². The van der Waals surface area contributed by atoms with Crippen LogP contribution in [0.4, 0.5) is 0 Å². The van der Waals surface area contributed by atoms with Gasteiger partial charge in [0.05, 0.1) is 6.42 Å². The van der Waals surface area contributed by atoms with E-state index < -0.39 is 24.4 Å². The van der Waals surface area contributed by atoms with Crippen LogP contribution in [0.2, 0.25) is 0 Å². The van der Waals surface area contributed by atoms with Crippen LogP contribution in [-0.4, -0.2) is 46.0 Å². The fraction of sp³-hybridized carbons (Fsp3) is 0.727. The zero-order chi connectivity index (χ0) is 13.6. The van der Waals surface area contributed by atoms with E-state index in [1.807, 2.05) is 20.8 Å². The molecule has 0 aromatic carbocycles. The van der Waals surface area contributed by atoms with E-state index in [-0.39, 0.29) is 12.0 Å². The minimum atomic E-state index is -1.30. The van der Waals surface area contributed by atoms with Gasteiger partial charge in [-0.05, 0) is 11.8 Å². The third kappa shape index (κ3) is 6.55. The van der Waals surface area contributed by atoms with E-state index in [9.17, 15) is 14.4 Å². The van der Waals surface area contributed by atoms with Gasteiger partial charge in [-0.2, -0.15) is 0 Å². The highest BCUT2D eigenvalue weighted by atomic mass is 16.4. The summed E-state index contributed by atoms with van der Waals surface area (Å²) in [5.41, 5.74) is -0.0481. The Morgan fingerprint density at radius 2 is 1.82 bits per heavy atom. The van der Waals surface area contributed by atoms with E-state index in [4.69, 9.17) is 10.2 Å². The van der Waals surface area contributed by atoms with Crippen molar-refractivity contribution in [1.82, 2.24) is 4.90 Å². The van der Waals surface area contributed by atoms with Gasteiger partial charge in [-0.3, -0.25) is 9.59 Å². The number of rotatable bonds is 7. The van der Waals surface area contributed by atoms with Crippen molar-refractivity contribution in [1.29, 1.82) is 0 Å². The average Bonchev–Trinajstić information content (AvgIpc) is 2.14. The second-order valence-electron chi connectivity index (χ2n) is 5.11. The monoisotopic (exact) mass is 245 g/mol. The summed E-state index contributed by atoms with van der Waals surface area (Å²) in [4.78, 5) is 33.3. The Kier molecular flexibility index (Phi) is 5.64. The maximum atomic E-state index is 10.9. The zero-order valence-electron chi connectivity index (χ0n) is 10.3. The Bertz CT molecular complexity index is 295.